The van der Waals surface area contributed by atoms with Crippen LogP contribution >= 0.6 is 0 Å². The van der Waals surface area contributed by atoms with Crippen molar-refractivity contribution in [3.63, 3.8) is 0 Å². The van der Waals surface area contributed by atoms with E-state index in [0.29, 0.717) is 6.42 Å². The van der Waals surface area contributed by atoms with Crippen molar-refractivity contribution in [2.24, 2.45) is 0 Å². The molecular formula is C18H22O. The van der Waals surface area contributed by atoms with Crippen LogP contribution in [-0.4, -0.2) is 5.11 Å². The summed E-state index contributed by atoms with van der Waals surface area (Å²) in [6, 6.07) is 12.6. The average Bonchev–Trinajstić information content (AvgIpc) is 2.37. The first kappa shape index (κ1) is 13.8. The molecule has 0 saturated heterocycles. The Labute approximate surface area is 115 Å². The SMILES string of the molecule is Cc1ccc(C)c(CC(O)c2ccc(C)c(C)c2)c1. The molecule has 0 saturated carbocycles. The zero-order chi connectivity index (χ0) is 14.0. The smallest absolute Gasteiger partial charge is 0.0830 e. The number of aryl methyl sites for hydroxylation is 4. The Morgan fingerprint density at radius 1 is 0.842 bits per heavy atom. The highest BCUT2D eigenvalue weighted by molar-refractivity contribution is 5.34. The Balaban J connectivity index is 2.22. The lowest BCUT2D eigenvalue weighted by Gasteiger charge is -2.15. The zero-order valence-corrected chi connectivity index (χ0v) is 12.2. The summed E-state index contributed by atoms with van der Waals surface area (Å²) in [5.41, 5.74) is 7.22. The van der Waals surface area contributed by atoms with Gasteiger partial charge >= 0.3 is 0 Å². The number of hydrogen-bond donors (Lipinski definition) is 1. The number of aliphatic hydroxyl groups excluding tert-OH is 1. The van der Waals surface area contributed by atoms with Gasteiger partial charge in [-0.05, 0) is 55.5 Å². The third kappa shape index (κ3) is 3.24. The van der Waals surface area contributed by atoms with Crippen molar-refractivity contribution in [1.82, 2.24) is 0 Å². The molecule has 0 aliphatic heterocycles. The molecule has 1 N–H and O–H groups in total. The second-order valence-corrected chi connectivity index (χ2v) is 5.49. The molecule has 0 spiro atoms. The van der Waals surface area contributed by atoms with Gasteiger partial charge < -0.3 is 5.11 Å². The van der Waals surface area contributed by atoms with Gasteiger partial charge in [-0.2, -0.15) is 0 Å². The van der Waals surface area contributed by atoms with Crippen LogP contribution in [0.1, 0.15) is 39.5 Å². The van der Waals surface area contributed by atoms with Crippen LogP contribution < -0.4 is 0 Å². The lowest BCUT2D eigenvalue weighted by Crippen LogP contribution is -2.04. The number of rotatable bonds is 3. The zero-order valence-electron chi connectivity index (χ0n) is 12.2. The van der Waals surface area contributed by atoms with E-state index in [1.165, 1.54) is 27.8 Å². The second-order valence-electron chi connectivity index (χ2n) is 5.49. The van der Waals surface area contributed by atoms with Gasteiger partial charge in [0.05, 0.1) is 6.10 Å². The van der Waals surface area contributed by atoms with E-state index in [1.54, 1.807) is 0 Å². The van der Waals surface area contributed by atoms with Crippen molar-refractivity contribution >= 4 is 0 Å². The van der Waals surface area contributed by atoms with Crippen LogP contribution in [0.25, 0.3) is 0 Å². The predicted octanol–water partition coefficient (Wildman–Crippen LogP) is 4.20. The molecular weight excluding hydrogens is 232 g/mol. The van der Waals surface area contributed by atoms with E-state index in [0.717, 1.165) is 5.56 Å². The summed E-state index contributed by atoms with van der Waals surface area (Å²) in [6.45, 7) is 8.37. The fourth-order valence-electron chi connectivity index (χ4n) is 2.32. The van der Waals surface area contributed by atoms with Gasteiger partial charge in [0.25, 0.3) is 0 Å². The molecule has 19 heavy (non-hydrogen) atoms. The van der Waals surface area contributed by atoms with Gasteiger partial charge in [-0.25, -0.2) is 0 Å². The number of hydrogen-bond acceptors (Lipinski definition) is 1. The molecule has 1 heteroatoms. The highest BCUT2D eigenvalue weighted by atomic mass is 16.3. The molecule has 2 aromatic carbocycles. The third-order valence-electron chi connectivity index (χ3n) is 3.83. The molecule has 0 amide bonds. The van der Waals surface area contributed by atoms with Crippen LogP contribution in [0.2, 0.25) is 0 Å². The Morgan fingerprint density at radius 2 is 1.53 bits per heavy atom. The minimum Gasteiger partial charge on any atom is -0.388 e. The second kappa shape index (κ2) is 5.58. The molecule has 0 aliphatic rings. The highest BCUT2D eigenvalue weighted by Crippen LogP contribution is 2.23. The van der Waals surface area contributed by atoms with Gasteiger partial charge in [0, 0.05) is 6.42 Å². The van der Waals surface area contributed by atoms with Crippen LogP contribution in [0, 0.1) is 27.7 Å². The molecule has 0 fully saturated rings. The van der Waals surface area contributed by atoms with Gasteiger partial charge in [0.1, 0.15) is 0 Å². The normalized spacial score (nSPS) is 12.5. The summed E-state index contributed by atoms with van der Waals surface area (Å²) >= 11 is 0. The largest absolute Gasteiger partial charge is 0.388 e. The van der Waals surface area contributed by atoms with Crippen LogP contribution in [-0.2, 0) is 6.42 Å². The van der Waals surface area contributed by atoms with Gasteiger partial charge in [-0.3, -0.25) is 0 Å². The van der Waals surface area contributed by atoms with E-state index in [2.05, 4.69) is 58.0 Å². The maximum Gasteiger partial charge on any atom is 0.0830 e. The molecule has 0 aliphatic carbocycles. The van der Waals surface area contributed by atoms with Crippen LogP contribution in [0.5, 0.6) is 0 Å². The Morgan fingerprint density at radius 3 is 2.21 bits per heavy atom. The monoisotopic (exact) mass is 254 g/mol. The molecule has 1 nitrogen and oxygen atoms in total. The molecule has 100 valence electrons. The summed E-state index contributed by atoms with van der Waals surface area (Å²) in [7, 11) is 0. The van der Waals surface area contributed by atoms with E-state index in [4.69, 9.17) is 0 Å². The quantitative estimate of drug-likeness (QED) is 0.870. The standard InChI is InChI=1S/C18H22O/c1-12-5-6-14(3)17(9-12)11-18(19)16-8-7-13(2)15(4)10-16/h5-10,18-19H,11H2,1-4H3. The van der Waals surface area contributed by atoms with Crippen molar-refractivity contribution in [3.05, 3.63) is 69.8 Å². The average molecular weight is 254 g/mol. The van der Waals surface area contributed by atoms with Gasteiger partial charge in [-0.15, -0.1) is 0 Å². The molecule has 2 rings (SSSR count). The number of benzene rings is 2. The molecule has 1 atom stereocenters. The lowest BCUT2D eigenvalue weighted by molar-refractivity contribution is 0.178. The fraction of sp³-hybridized carbons (Fsp3) is 0.333. The van der Waals surface area contributed by atoms with Crippen molar-refractivity contribution in [1.29, 1.82) is 0 Å². The summed E-state index contributed by atoms with van der Waals surface area (Å²) in [5, 5.41) is 10.4. The first-order valence-corrected chi connectivity index (χ1v) is 6.78. The van der Waals surface area contributed by atoms with E-state index < -0.39 is 6.10 Å². The molecule has 0 aromatic heterocycles. The summed E-state index contributed by atoms with van der Waals surface area (Å²) in [6.07, 6.45) is 0.246. The fourth-order valence-corrected chi connectivity index (χ4v) is 2.32. The summed E-state index contributed by atoms with van der Waals surface area (Å²) < 4.78 is 0. The maximum absolute atomic E-state index is 10.4. The van der Waals surface area contributed by atoms with Crippen molar-refractivity contribution in [3.8, 4) is 0 Å². The molecule has 0 radical (unpaired) electrons. The first-order chi connectivity index (χ1) is 8.97. The van der Waals surface area contributed by atoms with Gasteiger partial charge in [0.15, 0.2) is 0 Å². The van der Waals surface area contributed by atoms with Crippen LogP contribution in [0.4, 0.5) is 0 Å². The van der Waals surface area contributed by atoms with Gasteiger partial charge in [-0.1, -0.05) is 42.0 Å². The minimum atomic E-state index is -0.431. The van der Waals surface area contributed by atoms with Crippen LogP contribution in [0.15, 0.2) is 36.4 Å². The number of aliphatic hydroxyl groups is 1. The van der Waals surface area contributed by atoms with E-state index in [9.17, 15) is 5.11 Å². The summed E-state index contributed by atoms with van der Waals surface area (Å²) in [4.78, 5) is 0. The topological polar surface area (TPSA) is 20.2 Å². The minimum absolute atomic E-state index is 0.431. The van der Waals surface area contributed by atoms with E-state index >= 15 is 0 Å². The molecule has 2 aromatic rings. The van der Waals surface area contributed by atoms with Crippen LogP contribution in [0.3, 0.4) is 0 Å². The van der Waals surface area contributed by atoms with E-state index in [1.807, 2.05) is 6.07 Å². The Bertz CT molecular complexity index is 584. The first-order valence-electron chi connectivity index (χ1n) is 6.78. The van der Waals surface area contributed by atoms with Crippen molar-refractivity contribution in [2.45, 2.75) is 40.2 Å². The van der Waals surface area contributed by atoms with Gasteiger partial charge in [0.2, 0.25) is 0 Å². The van der Waals surface area contributed by atoms with Crippen molar-refractivity contribution < 1.29 is 5.11 Å². The summed E-state index contributed by atoms with van der Waals surface area (Å²) in [5.74, 6) is 0. The maximum atomic E-state index is 10.4. The van der Waals surface area contributed by atoms with E-state index in [-0.39, 0.29) is 0 Å². The van der Waals surface area contributed by atoms with Crippen molar-refractivity contribution in [2.75, 3.05) is 0 Å². The molecule has 1 unspecified atom stereocenters. The lowest BCUT2D eigenvalue weighted by atomic mass is 9.95. The Hall–Kier alpha value is -1.60. The predicted molar refractivity (Wildman–Crippen MR) is 80.5 cm³/mol. The Kier molecular flexibility index (Phi) is 4.06. The molecule has 0 bridgehead atoms. The molecule has 0 heterocycles. The highest BCUT2D eigenvalue weighted by Gasteiger charge is 2.11. The third-order valence-corrected chi connectivity index (χ3v) is 3.83.